The van der Waals surface area contributed by atoms with Crippen molar-refractivity contribution in [3.05, 3.63) is 73.4 Å². The summed E-state index contributed by atoms with van der Waals surface area (Å²) in [5.74, 6) is -0.824. The SMILES string of the molecule is CCN1/C(=C/C=C2\CC(C(C)(C)C)CC(/C=C(\Cl)C(=O)O)=C2Cl)C(C)(C)c2cc(Br)ccc21. The number of nitrogens with zero attached hydrogens (tertiary/aromatic N) is 1. The lowest BCUT2D eigenvalue weighted by molar-refractivity contribution is -0.131. The van der Waals surface area contributed by atoms with Crippen molar-refractivity contribution in [2.75, 3.05) is 11.4 Å². The first kappa shape index (κ1) is 26.1. The Morgan fingerprint density at radius 3 is 2.52 bits per heavy atom. The Balaban J connectivity index is 2.11. The molecule has 0 amide bonds. The monoisotopic (exact) mass is 551 g/mol. The summed E-state index contributed by atoms with van der Waals surface area (Å²) in [6.07, 6.45) is 7.34. The molecule has 3 rings (SSSR count). The van der Waals surface area contributed by atoms with Crippen molar-refractivity contribution in [2.45, 2.75) is 59.8 Å². The molecule has 6 heteroatoms. The smallest absolute Gasteiger partial charge is 0.347 e. The van der Waals surface area contributed by atoms with Crippen LogP contribution in [0, 0.1) is 11.3 Å². The number of carbonyl (C=O) groups is 1. The van der Waals surface area contributed by atoms with E-state index in [1.54, 1.807) is 0 Å². The van der Waals surface area contributed by atoms with Gasteiger partial charge >= 0.3 is 5.97 Å². The third-order valence-corrected chi connectivity index (χ3v) is 8.09. The molecule has 0 saturated carbocycles. The molecule has 0 bridgehead atoms. The van der Waals surface area contributed by atoms with E-state index in [0.29, 0.717) is 17.4 Å². The molecule has 0 aromatic heterocycles. The number of anilines is 1. The van der Waals surface area contributed by atoms with Gasteiger partial charge in [0.1, 0.15) is 5.03 Å². The fourth-order valence-corrected chi connectivity index (χ4v) is 5.51. The number of benzene rings is 1. The molecule has 3 nitrogen and oxygen atoms in total. The second-order valence-corrected chi connectivity index (χ2v) is 12.1. The van der Waals surface area contributed by atoms with Gasteiger partial charge in [0.05, 0.1) is 0 Å². The molecule has 0 fully saturated rings. The van der Waals surface area contributed by atoms with Gasteiger partial charge in [0.15, 0.2) is 0 Å². The molecule has 33 heavy (non-hydrogen) atoms. The third kappa shape index (κ3) is 5.28. The molecule has 2 aliphatic rings. The van der Waals surface area contributed by atoms with Crippen molar-refractivity contribution in [3.8, 4) is 0 Å². The zero-order valence-corrected chi connectivity index (χ0v) is 23.2. The average Bonchev–Trinajstić information content (AvgIpc) is 2.93. The van der Waals surface area contributed by atoms with Crippen LogP contribution in [0.2, 0.25) is 0 Å². The summed E-state index contributed by atoms with van der Waals surface area (Å²) in [5.41, 5.74) is 5.42. The predicted molar refractivity (Wildman–Crippen MR) is 143 cm³/mol. The minimum absolute atomic E-state index is 0.0448. The minimum atomic E-state index is -1.14. The van der Waals surface area contributed by atoms with E-state index in [2.05, 4.69) is 92.7 Å². The van der Waals surface area contributed by atoms with Gasteiger partial charge in [0, 0.05) is 32.8 Å². The van der Waals surface area contributed by atoms with E-state index >= 15 is 0 Å². The lowest BCUT2D eigenvalue weighted by Gasteiger charge is -2.35. The first-order valence-corrected chi connectivity index (χ1v) is 12.8. The van der Waals surface area contributed by atoms with Crippen LogP contribution in [0.25, 0.3) is 0 Å². The largest absolute Gasteiger partial charge is 0.477 e. The molecular weight excluding hydrogens is 521 g/mol. The lowest BCUT2D eigenvalue weighted by Crippen LogP contribution is -2.26. The van der Waals surface area contributed by atoms with Crippen LogP contribution in [0.15, 0.2) is 67.8 Å². The van der Waals surface area contributed by atoms with Gasteiger partial charge < -0.3 is 10.0 Å². The summed E-state index contributed by atoms with van der Waals surface area (Å²) in [5, 5.41) is 9.64. The highest BCUT2D eigenvalue weighted by Crippen LogP contribution is 2.49. The summed E-state index contributed by atoms with van der Waals surface area (Å²) >= 11 is 16.4. The van der Waals surface area contributed by atoms with Crippen LogP contribution >= 0.6 is 39.1 Å². The van der Waals surface area contributed by atoms with Gasteiger partial charge in [-0.15, -0.1) is 0 Å². The Hall–Kier alpha value is -1.49. The molecule has 1 N–H and O–H groups in total. The van der Waals surface area contributed by atoms with Crippen LogP contribution in [0.4, 0.5) is 5.69 Å². The summed E-state index contributed by atoms with van der Waals surface area (Å²) in [6.45, 7) is 14.1. The van der Waals surface area contributed by atoms with Crippen LogP contribution in [0.3, 0.4) is 0 Å². The van der Waals surface area contributed by atoms with Crippen molar-refractivity contribution < 1.29 is 9.90 Å². The summed E-state index contributed by atoms with van der Waals surface area (Å²) in [7, 11) is 0. The van der Waals surface area contributed by atoms with Crippen molar-refractivity contribution in [3.63, 3.8) is 0 Å². The van der Waals surface area contributed by atoms with Crippen LogP contribution < -0.4 is 4.90 Å². The third-order valence-electron chi connectivity index (χ3n) is 6.84. The Bertz CT molecular complexity index is 1090. The van der Waals surface area contributed by atoms with Crippen molar-refractivity contribution in [1.29, 1.82) is 0 Å². The topological polar surface area (TPSA) is 40.5 Å². The maximum atomic E-state index is 11.3. The molecule has 0 radical (unpaired) electrons. The molecule has 1 atom stereocenters. The predicted octanol–water partition coefficient (Wildman–Crippen LogP) is 8.53. The Morgan fingerprint density at radius 2 is 1.94 bits per heavy atom. The molecule has 1 aliphatic heterocycles. The maximum Gasteiger partial charge on any atom is 0.347 e. The van der Waals surface area contributed by atoms with E-state index in [9.17, 15) is 9.90 Å². The van der Waals surface area contributed by atoms with Gasteiger partial charge in [-0.05, 0) is 78.2 Å². The van der Waals surface area contributed by atoms with Crippen molar-refractivity contribution in [2.24, 2.45) is 11.3 Å². The number of halogens is 3. The fraction of sp³-hybridized carbons (Fsp3) is 0.444. The van der Waals surface area contributed by atoms with E-state index < -0.39 is 5.97 Å². The first-order valence-electron chi connectivity index (χ1n) is 11.3. The number of aliphatic carboxylic acids is 1. The zero-order valence-electron chi connectivity index (χ0n) is 20.1. The van der Waals surface area contributed by atoms with Crippen molar-refractivity contribution in [1.82, 2.24) is 0 Å². The van der Waals surface area contributed by atoms with Gasteiger partial charge in [-0.25, -0.2) is 4.79 Å². The highest BCUT2D eigenvalue weighted by Gasteiger charge is 2.39. The van der Waals surface area contributed by atoms with Crippen LogP contribution in [0.5, 0.6) is 0 Å². The number of hydrogen-bond acceptors (Lipinski definition) is 2. The van der Waals surface area contributed by atoms with Gasteiger partial charge in [0.25, 0.3) is 0 Å². The van der Waals surface area contributed by atoms with E-state index in [0.717, 1.165) is 28.6 Å². The number of carboxylic acid groups (broad SMARTS) is 1. The highest BCUT2D eigenvalue weighted by molar-refractivity contribution is 9.10. The first-order chi connectivity index (χ1) is 15.3. The van der Waals surface area contributed by atoms with Gasteiger partial charge in [-0.2, -0.15) is 0 Å². The van der Waals surface area contributed by atoms with Gasteiger partial charge in [-0.3, -0.25) is 0 Å². The van der Waals surface area contributed by atoms with Crippen LogP contribution in [-0.2, 0) is 10.2 Å². The maximum absolute atomic E-state index is 11.3. The highest BCUT2D eigenvalue weighted by atomic mass is 79.9. The molecule has 1 unspecified atom stereocenters. The van der Waals surface area contributed by atoms with Gasteiger partial charge in [0.2, 0.25) is 0 Å². The van der Waals surface area contributed by atoms with Crippen LogP contribution in [-0.4, -0.2) is 17.6 Å². The summed E-state index contributed by atoms with van der Waals surface area (Å²) in [4.78, 5) is 13.7. The van der Waals surface area contributed by atoms with E-state index in [-0.39, 0.29) is 15.9 Å². The van der Waals surface area contributed by atoms with E-state index in [1.807, 2.05) is 0 Å². The quantitative estimate of drug-likeness (QED) is 0.380. The lowest BCUT2D eigenvalue weighted by atomic mass is 9.71. The molecule has 1 aromatic carbocycles. The van der Waals surface area contributed by atoms with Crippen molar-refractivity contribution >= 4 is 50.8 Å². The average molecular weight is 553 g/mol. The molecule has 0 saturated heterocycles. The Labute approximate surface area is 216 Å². The number of carboxylic acids is 1. The second-order valence-electron chi connectivity index (χ2n) is 10.4. The minimum Gasteiger partial charge on any atom is -0.477 e. The summed E-state index contributed by atoms with van der Waals surface area (Å²) < 4.78 is 1.07. The number of fused-ring (bicyclic) bond motifs is 1. The molecule has 1 heterocycles. The van der Waals surface area contributed by atoms with Crippen LogP contribution in [0.1, 0.15) is 59.9 Å². The molecule has 1 aromatic rings. The summed E-state index contributed by atoms with van der Waals surface area (Å²) in [6, 6.07) is 6.45. The molecule has 0 spiro atoms. The van der Waals surface area contributed by atoms with E-state index in [4.69, 9.17) is 23.2 Å². The normalized spacial score (nSPS) is 23.5. The number of allylic oxidation sites excluding steroid dienone is 7. The number of hydrogen-bond donors (Lipinski definition) is 1. The zero-order chi connectivity index (χ0) is 24.7. The van der Waals surface area contributed by atoms with Gasteiger partial charge in [-0.1, -0.05) is 79.8 Å². The second kappa shape index (κ2) is 9.64. The molecule has 1 aliphatic carbocycles. The standard InChI is InChI=1S/C27H32BrCl2NO2/c1-7-31-22-10-9-19(28)15-20(22)27(5,6)23(31)11-8-16-12-18(26(2,3)4)13-17(24(16)30)14-21(29)25(32)33/h8-11,14-15,18H,7,12-13H2,1-6H3,(H,32,33)/b16-8+,21-14-,23-11+. The Morgan fingerprint density at radius 1 is 1.27 bits per heavy atom. The Kier molecular flexibility index (Phi) is 7.63. The number of rotatable bonds is 4. The number of likely N-dealkylation sites (N-methyl/N-ethyl adjacent to an activating group) is 1. The molecular formula is C27H32BrCl2NO2. The fourth-order valence-electron chi connectivity index (χ4n) is 4.75. The molecule has 178 valence electrons. The van der Waals surface area contributed by atoms with E-state index in [1.165, 1.54) is 23.0 Å².